The van der Waals surface area contributed by atoms with Crippen molar-refractivity contribution in [1.82, 2.24) is 0 Å². The van der Waals surface area contributed by atoms with Crippen molar-refractivity contribution >= 4 is 15.1 Å². The molecule has 0 amide bonds. The van der Waals surface area contributed by atoms with Crippen molar-refractivity contribution in [3.63, 3.8) is 0 Å². The quantitative estimate of drug-likeness (QED) is 0.713. The standard InChI is InChI=1S/C11H16O4Si/c1-5-10-6-8-11(9-7-10)15-16(12-2,13-3)14-4/h5-9H,1H2,2-4H3. The Morgan fingerprint density at radius 1 is 1.00 bits per heavy atom. The molecule has 0 aliphatic carbocycles. The fourth-order valence-corrected chi connectivity index (χ4v) is 2.37. The van der Waals surface area contributed by atoms with Crippen LogP contribution in [0.15, 0.2) is 30.8 Å². The van der Waals surface area contributed by atoms with E-state index in [0.29, 0.717) is 5.75 Å². The maximum Gasteiger partial charge on any atom is 0.748 e. The molecule has 0 aromatic heterocycles. The summed E-state index contributed by atoms with van der Waals surface area (Å²) in [6.45, 7) is 3.68. The van der Waals surface area contributed by atoms with Crippen molar-refractivity contribution in [2.45, 2.75) is 0 Å². The van der Waals surface area contributed by atoms with Gasteiger partial charge in [-0.15, -0.1) is 0 Å². The van der Waals surface area contributed by atoms with Gasteiger partial charge in [-0.1, -0.05) is 24.8 Å². The molecule has 0 fully saturated rings. The van der Waals surface area contributed by atoms with Crippen LogP contribution in [0.3, 0.4) is 0 Å². The number of hydrogen-bond acceptors (Lipinski definition) is 4. The van der Waals surface area contributed by atoms with Gasteiger partial charge in [0.05, 0.1) is 0 Å². The molecule has 1 rings (SSSR count). The second-order valence-corrected chi connectivity index (χ2v) is 5.42. The van der Waals surface area contributed by atoms with Gasteiger partial charge < -0.3 is 17.7 Å². The Bertz CT molecular complexity index is 324. The molecule has 0 aliphatic rings. The van der Waals surface area contributed by atoms with Crippen molar-refractivity contribution in [3.8, 4) is 5.75 Å². The number of benzene rings is 1. The molecule has 0 heterocycles. The molecular weight excluding hydrogens is 224 g/mol. The summed E-state index contributed by atoms with van der Waals surface area (Å²) in [6.07, 6.45) is 1.76. The maximum atomic E-state index is 5.59. The molecule has 0 atom stereocenters. The van der Waals surface area contributed by atoms with Crippen LogP contribution in [-0.4, -0.2) is 30.4 Å². The number of rotatable bonds is 6. The molecule has 16 heavy (non-hydrogen) atoms. The van der Waals surface area contributed by atoms with Gasteiger partial charge in [-0.25, -0.2) is 0 Å². The lowest BCUT2D eigenvalue weighted by Crippen LogP contribution is -2.49. The largest absolute Gasteiger partial charge is 0.748 e. The summed E-state index contributed by atoms with van der Waals surface area (Å²) in [6, 6.07) is 7.41. The van der Waals surface area contributed by atoms with E-state index in [0.717, 1.165) is 5.56 Å². The van der Waals surface area contributed by atoms with Crippen LogP contribution in [0.2, 0.25) is 0 Å². The normalized spacial score (nSPS) is 11.2. The third-order valence-corrected chi connectivity index (χ3v) is 4.09. The molecule has 0 saturated heterocycles. The lowest BCUT2D eigenvalue weighted by Gasteiger charge is -2.23. The van der Waals surface area contributed by atoms with Gasteiger partial charge in [-0.3, -0.25) is 0 Å². The molecule has 0 spiro atoms. The van der Waals surface area contributed by atoms with E-state index in [-0.39, 0.29) is 0 Å². The van der Waals surface area contributed by atoms with E-state index < -0.39 is 9.05 Å². The second kappa shape index (κ2) is 5.81. The van der Waals surface area contributed by atoms with E-state index >= 15 is 0 Å². The van der Waals surface area contributed by atoms with Gasteiger partial charge in [0.15, 0.2) is 0 Å². The smallest absolute Gasteiger partial charge is 0.480 e. The zero-order chi connectivity index (χ0) is 12.0. The Morgan fingerprint density at radius 2 is 1.50 bits per heavy atom. The summed E-state index contributed by atoms with van der Waals surface area (Å²) in [5, 5.41) is 0. The molecule has 0 radical (unpaired) electrons. The van der Waals surface area contributed by atoms with Gasteiger partial charge in [0.2, 0.25) is 0 Å². The molecule has 4 nitrogen and oxygen atoms in total. The topological polar surface area (TPSA) is 36.9 Å². The van der Waals surface area contributed by atoms with E-state index in [1.54, 1.807) is 6.08 Å². The average Bonchev–Trinajstić information content (AvgIpc) is 2.37. The van der Waals surface area contributed by atoms with Gasteiger partial charge in [0, 0.05) is 21.3 Å². The first-order valence-corrected chi connectivity index (χ1v) is 6.40. The fraction of sp³-hybridized carbons (Fsp3) is 0.273. The van der Waals surface area contributed by atoms with Gasteiger partial charge in [-0.2, -0.15) is 0 Å². The Kier molecular flexibility index (Phi) is 4.69. The van der Waals surface area contributed by atoms with Crippen molar-refractivity contribution in [1.29, 1.82) is 0 Å². The Morgan fingerprint density at radius 3 is 1.88 bits per heavy atom. The van der Waals surface area contributed by atoms with Crippen LogP contribution in [-0.2, 0) is 13.3 Å². The van der Waals surface area contributed by atoms with Crippen LogP contribution in [0.5, 0.6) is 5.75 Å². The molecule has 1 aromatic carbocycles. The Balaban J connectivity index is 2.81. The summed E-state index contributed by atoms with van der Waals surface area (Å²) >= 11 is 0. The van der Waals surface area contributed by atoms with Gasteiger partial charge in [0.1, 0.15) is 5.75 Å². The average molecular weight is 240 g/mol. The zero-order valence-corrected chi connectivity index (χ0v) is 10.7. The molecule has 0 saturated carbocycles. The molecule has 88 valence electrons. The maximum absolute atomic E-state index is 5.59. The monoisotopic (exact) mass is 240 g/mol. The van der Waals surface area contributed by atoms with Crippen molar-refractivity contribution < 1.29 is 17.7 Å². The van der Waals surface area contributed by atoms with Gasteiger partial charge in [0.25, 0.3) is 0 Å². The first-order chi connectivity index (χ1) is 7.69. The zero-order valence-electron chi connectivity index (χ0n) is 9.73. The molecule has 1 aromatic rings. The van der Waals surface area contributed by atoms with Crippen molar-refractivity contribution in [3.05, 3.63) is 36.4 Å². The first kappa shape index (κ1) is 12.9. The predicted octanol–water partition coefficient (Wildman–Crippen LogP) is 2.08. The third kappa shape index (κ3) is 2.93. The van der Waals surface area contributed by atoms with E-state index in [9.17, 15) is 0 Å². The van der Waals surface area contributed by atoms with Crippen molar-refractivity contribution in [2.24, 2.45) is 0 Å². The molecule has 0 unspecified atom stereocenters. The third-order valence-electron chi connectivity index (χ3n) is 2.11. The Hall–Kier alpha value is -1.14. The van der Waals surface area contributed by atoms with Crippen LogP contribution in [0, 0.1) is 0 Å². The highest BCUT2D eigenvalue weighted by Crippen LogP contribution is 2.18. The summed E-state index contributed by atoms with van der Waals surface area (Å²) in [5.41, 5.74) is 1.02. The van der Waals surface area contributed by atoms with E-state index in [4.69, 9.17) is 17.7 Å². The van der Waals surface area contributed by atoms with Crippen LogP contribution in [0.25, 0.3) is 6.08 Å². The number of hydrogen-bond donors (Lipinski definition) is 0. The SMILES string of the molecule is C=Cc1ccc(O[Si](OC)(OC)OC)cc1. The van der Waals surface area contributed by atoms with Crippen LogP contribution in [0.1, 0.15) is 5.56 Å². The summed E-state index contributed by atoms with van der Waals surface area (Å²) in [5.74, 6) is 0.641. The van der Waals surface area contributed by atoms with E-state index in [2.05, 4.69) is 6.58 Å². The van der Waals surface area contributed by atoms with E-state index in [1.807, 2.05) is 24.3 Å². The molecule has 0 N–H and O–H groups in total. The minimum absolute atomic E-state index is 0.641. The summed E-state index contributed by atoms with van der Waals surface area (Å²) in [7, 11) is 1.48. The summed E-state index contributed by atoms with van der Waals surface area (Å²) in [4.78, 5) is 0. The summed E-state index contributed by atoms with van der Waals surface area (Å²) < 4.78 is 21.0. The lowest BCUT2D eigenvalue weighted by molar-refractivity contribution is 0.0510. The second-order valence-electron chi connectivity index (χ2n) is 2.99. The molecule has 5 heteroatoms. The van der Waals surface area contributed by atoms with Crippen LogP contribution in [0.4, 0.5) is 0 Å². The highest BCUT2D eigenvalue weighted by molar-refractivity contribution is 6.54. The highest BCUT2D eigenvalue weighted by Gasteiger charge is 2.45. The Labute approximate surface area is 96.9 Å². The highest BCUT2D eigenvalue weighted by atomic mass is 28.4. The molecule has 0 aliphatic heterocycles. The minimum atomic E-state index is -3.01. The van der Waals surface area contributed by atoms with Crippen molar-refractivity contribution in [2.75, 3.05) is 21.3 Å². The van der Waals surface area contributed by atoms with Gasteiger partial charge in [-0.05, 0) is 17.7 Å². The van der Waals surface area contributed by atoms with E-state index in [1.165, 1.54) is 21.3 Å². The lowest BCUT2D eigenvalue weighted by atomic mass is 10.2. The minimum Gasteiger partial charge on any atom is -0.480 e. The van der Waals surface area contributed by atoms with Gasteiger partial charge >= 0.3 is 9.05 Å². The first-order valence-electron chi connectivity index (χ1n) is 4.76. The van der Waals surface area contributed by atoms with Crippen LogP contribution >= 0.6 is 0 Å². The molecule has 0 bridgehead atoms. The van der Waals surface area contributed by atoms with Crippen LogP contribution < -0.4 is 4.43 Å². The fourth-order valence-electron chi connectivity index (χ4n) is 1.19. The molecular formula is C11H16O4Si. The predicted molar refractivity (Wildman–Crippen MR) is 63.9 cm³/mol.